The summed E-state index contributed by atoms with van der Waals surface area (Å²) in [5, 5.41) is 0. The Bertz CT molecular complexity index is 172. The Balaban J connectivity index is 2.57. The molecule has 0 aromatic rings. The SMILES string of the molecule is CCOC1COC(C(C)CC)C1OCC. The minimum Gasteiger partial charge on any atom is -0.373 e. The molecule has 1 fully saturated rings. The minimum atomic E-state index is 0.116. The van der Waals surface area contributed by atoms with Crippen LogP contribution in [0.4, 0.5) is 0 Å². The highest BCUT2D eigenvalue weighted by atomic mass is 16.6. The first-order valence-electron chi connectivity index (χ1n) is 6.09. The Kier molecular flexibility index (Phi) is 5.58. The average Bonchev–Trinajstić information content (AvgIpc) is 2.62. The number of rotatable bonds is 6. The van der Waals surface area contributed by atoms with Crippen molar-refractivity contribution in [2.75, 3.05) is 19.8 Å². The van der Waals surface area contributed by atoms with E-state index in [9.17, 15) is 0 Å². The molecule has 3 nitrogen and oxygen atoms in total. The first kappa shape index (κ1) is 12.9. The summed E-state index contributed by atoms with van der Waals surface area (Å²) in [6, 6.07) is 0. The van der Waals surface area contributed by atoms with E-state index >= 15 is 0 Å². The fourth-order valence-electron chi connectivity index (χ4n) is 2.08. The van der Waals surface area contributed by atoms with E-state index in [0.717, 1.165) is 19.6 Å². The molecule has 1 aliphatic rings. The van der Waals surface area contributed by atoms with Crippen LogP contribution in [0.2, 0.25) is 0 Å². The molecule has 3 heteroatoms. The molecular formula is C12H24O3. The molecule has 0 amide bonds. The largest absolute Gasteiger partial charge is 0.373 e. The van der Waals surface area contributed by atoms with Crippen LogP contribution in [0.25, 0.3) is 0 Å². The lowest BCUT2D eigenvalue weighted by atomic mass is 9.96. The molecule has 0 aliphatic carbocycles. The molecule has 0 radical (unpaired) electrons. The second-order valence-electron chi connectivity index (χ2n) is 4.10. The summed E-state index contributed by atoms with van der Waals surface area (Å²) in [4.78, 5) is 0. The first-order valence-corrected chi connectivity index (χ1v) is 6.09. The molecule has 90 valence electrons. The van der Waals surface area contributed by atoms with Crippen LogP contribution in [-0.2, 0) is 14.2 Å². The van der Waals surface area contributed by atoms with Crippen LogP contribution >= 0.6 is 0 Å². The Morgan fingerprint density at radius 3 is 2.40 bits per heavy atom. The van der Waals surface area contributed by atoms with Crippen molar-refractivity contribution in [1.82, 2.24) is 0 Å². The Hall–Kier alpha value is -0.120. The monoisotopic (exact) mass is 216 g/mol. The summed E-state index contributed by atoms with van der Waals surface area (Å²) >= 11 is 0. The first-order chi connectivity index (χ1) is 7.24. The minimum absolute atomic E-state index is 0.116. The van der Waals surface area contributed by atoms with Gasteiger partial charge in [0, 0.05) is 13.2 Å². The van der Waals surface area contributed by atoms with Crippen LogP contribution in [0, 0.1) is 5.92 Å². The van der Waals surface area contributed by atoms with Gasteiger partial charge in [0.1, 0.15) is 12.2 Å². The van der Waals surface area contributed by atoms with Crippen molar-refractivity contribution in [2.24, 2.45) is 5.92 Å². The summed E-state index contributed by atoms with van der Waals surface area (Å²) in [6.07, 6.45) is 1.55. The van der Waals surface area contributed by atoms with E-state index in [-0.39, 0.29) is 18.3 Å². The van der Waals surface area contributed by atoms with Crippen LogP contribution in [0.1, 0.15) is 34.1 Å². The normalized spacial score (nSPS) is 33.2. The third-order valence-electron chi connectivity index (χ3n) is 3.09. The van der Waals surface area contributed by atoms with Crippen molar-refractivity contribution in [3.63, 3.8) is 0 Å². The molecule has 0 bridgehead atoms. The Morgan fingerprint density at radius 1 is 1.20 bits per heavy atom. The summed E-state index contributed by atoms with van der Waals surface area (Å²) in [7, 11) is 0. The third kappa shape index (κ3) is 3.16. The van der Waals surface area contributed by atoms with Gasteiger partial charge in [0.2, 0.25) is 0 Å². The smallest absolute Gasteiger partial charge is 0.112 e. The van der Waals surface area contributed by atoms with Gasteiger partial charge < -0.3 is 14.2 Å². The van der Waals surface area contributed by atoms with Gasteiger partial charge in [0.15, 0.2) is 0 Å². The van der Waals surface area contributed by atoms with Gasteiger partial charge >= 0.3 is 0 Å². The van der Waals surface area contributed by atoms with E-state index in [2.05, 4.69) is 13.8 Å². The highest BCUT2D eigenvalue weighted by molar-refractivity contribution is 4.88. The van der Waals surface area contributed by atoms with Gasteiger partial charge in [0.05, 0.1) is 12.7 Å². The van der Waals surface area contributed by atoms with Gasteiger partial charge in [-0.1, -0.05) is 20.3 Å². The summed E-state index contributed by atoms with van der Waals surface area (Å²) < 4.78 is 17.2. The fraction of sp³-hybridized carbons (Fsp3) is 1.00. The predicted molar refractivity (Wildman–Crippen MR) is 60.0 cm³/mol. The molecule has 1 heterocycles. The summed E-state index contributed by atoms with van der Waals surface area (Å²) in [5.41, 5.74) is 0. The van der Waals surface area contributed by atoms with Gasteiger partial charge in [-0.15, -0.1) is 0 Å². The molecule has 0 saturated carbocycles. The lowest BCUT2D eigenvalue weighted by Gasteiger charge is -2.26. The van der Waals surface area contributed by atoms with E-state index in [1.807, 2.05) is 13.8 Å². The second-order valence-corrected chi connectivity index (χ2v) is 4.10. The molecule has 0 spiro atoms. The molecule has 4 atom stereocenters. The zero-order chi connectivity index (χ0) is 11.3. The average molecular weight is 216 g/mol. The summed E-state index contributed by atoms with van der Waals surface area (Å²) in [6.45, 7) is 10.6. The van der Waals surface area contributed by atoms with Gasteiger partial charge in [-0.25, -0.2) is 0 Å². The lowest BCUT2D eigenvalue weighted by Crippen LogP contribution is -2.38. The standard InChI is InChI=1S/C12H24O3/c1-5-9(4)11-12(14-7-3)10(8-15-11)13-6-2/h9-12H,5-8H2,1-4H3. The molecule has 1 aliphatic heterocycles. The van der Waals surface area contributed by atoms with Crippen LogP contribution in [0.15, 0.2) is 0 Å². The van der Waals surface area contributed by atoms with Gasteiger partial charge in [0.25, 0.3) is 0 Å². The topological polar surface area (TPSA) is 27.7 Å². The van der Waals surface area contributed by atoms with Crippen LogP contribution in [-0.4, -0.2) is 38.1 Å². The third-order valence-corrected chi connectivity index (χ3v) is 3.09. The molecule has 0 aromatic carbocycles. The molecular weight excluding hydrogens is 192 g/mol. The van der Waals surface area contributed by atoms with E-state index in [0.29, 0.717) is 12.5 Å². The van der Waals surface area contributed by atoms with E-state index in [4.69, 9.17) is 14.2 Å². The van der Waals surface area contributed by atoms with Crippen molar-refractivity contribution in [2.45, 2.75) is 52.4 Å². The van der Waals surface area contributed by atoms with E-state index < -0.39 is 0 Å². The molecule has 4 unspecified atom stereocenters. The summed E-state index contributed by atoms with van der Waals surface area (Å²) in [5.74, 6) is 0.534. The predicted octanol–water partition coefficient (Wildman–Crippen LogP) is 2.24. The second kappa shape index (κ2) is 6.46. The van der Waals surface area contributed by atoms with Crippen molar-refractivity contribution < 1.29 is 14.2 Å². The highest BCUT2D eigenvalue weighted by Crippen LogP contribution is 2.27. The molecule has 0 N–H and O–H groups in total. The van der Waals surface area contributed by atoms with E-state index in [1.165, 1.54) is 0 Å². The molecule has 15 heavy (non-hydrogen) atoms. The fourth-order valence-corrected chi connectivity index (χ4v) is 2.08. The van der Waals surface area contributed by atoms with Crippen LogP contribution in [0.5, 0.6) is 0 Å². The maximum atomic E-state index is 5.79. The zero-order valence-electron chi connectivity index (χ0n) is 10.4. The zero-order valence-corrected chi connectivity index (χ0v) is 10.4. The maximum absolute atomic E-state index is 5.79. The quantitative estimate of drug-likeness (QED) is 0.681. The lowest BCUT2D eigenvalue weighted by molar-refractivity contribution is -0.0660. The van der Waals surface area contributed by atoms with Crippen molar-refractivity contribution >= 4 is 0 Å². The highest BCUT2D eigenvalue weighted by Gasteiger charge is 2.40. The Morgan fingerprint density at radius 2 is 1.87 bits per heavy atom. The van der Waals surface area contributed by atoms with Crippen molar-refractivity contribution in [3.8, 4) is 0 Å². The number of ether oxygens (including phenoxy) is 3. The van der Waals surface area contributed by atoms with Crippen LogP contribution in [0.3, 0.4) is 0 Å². The van der Waals surface area contributed by atoms with Gasteiger partial charge in [-0.05, 0) is 19.8 Å². The van der Waals surface area contributed by atoms with Crippen LogP contribution < -0.4 is 0 Å². The number of hydrogen-bond donors (Lipinski definition) is 0. The Labute approximate surface area is 93.1 Å². The van der Waals surface area contributed by atoms with Crippen molar-refractivity contribution in [3.05, 3.63) is 0 Å². The number of hydrogen-bond acceptors (Lipinski definition) is 3. The molecule has 1 rings (SSSR count). The van der Waals surface area contributed by atoms with E-state index in [1.54, 1.807) is 0 Å². The molecule has 0 aromatic heterocycles. The van der Waals surface area contributed by atoms with Gasteiger partial charge in [-0.2, -0.15) is 0 Å². The maximum Gasteiger partial charge on any atom is 0.112 e. The van der Waals surface area contributed by atoms with Gasteiger partial charge in [-0.3, -0.25) is 0 Å². The van der Waals surface area contributed by atoms with Crippen molar-refractivity contribution in [1.29, 1.82) is 0 Å². The molecule has 1 saturated heterocycles.